The van der Waals surface area contributed by atoms with Crippen molar-refractivity contribution in [3.63, 3.8) is 0 Å². The summed E-state index contributed by atoms with van der Waals surface area (Å²) in [6.45, 7) is 9.79. The summed E-state index contributed by atoms with van der Waals surface area (Å²) in [5, 5.41) is 13.8. The molecule has 1 fully saturated rings. The van der Waals surface area contributed by atoms with Gasteiger partial charge in [0.25, 0.3) is 5.91 Å². The lowest BCUT2D eigenvalue weighted by molar-refractivity contribution is -0.138. The highest BCUT2D eigenvalue weighted by Gasteiger charge is 2.37. The van der Waals surface area contributed by atoms with Crippen molar-refractivity contribution in [3.05, 3.63) is 138 Å². The Balaban J connectivity index is 0.000000219. The number of rotatable bonds is 19. The lowest BCUT2D eigenvalue weighted by atomic mass is 10.0. The van der Waals surface area contributed by atoms with Gasteiger partial charge in [0, 0.05) is 42.8 Å². The molecule has 514 valence electrons. The van der Waals surface area contributed by atoms with Crippen molar-refractivity contribution in [2.75, 3.05) is 68.0 Å². The van der Waals surface area contributed by atoms with Crippen molar-refractivity contribution in [2.45, 2.75) is 112 Å². The summed E-state index contributed by atoms with van der Waals surface area (Å²) in [6, 6.07) is 18.0. The molecule has 0 bridgehead atoms. The van der Waals surface area contributed by atoms with Crippen LogP contribution in [0.25, 0.3) is 0 Å². The van der Waals surface area contributed by atoms with Gasteiger partial charge in [-0.2, -0.15) is 13.2 Å². The number of nitrogens with one attached hydrogen (secondary N) is 1. The van der Waals surface area contributed by atoms with Gasteiger partial charge in [0.2, 0.25) is 10.7 Å². The second-order valence-corrected chi connectivity index (χ2v) is 28.3. The molecular weight excluding hydrogens is 1410 g/mol. The van der Waals surface area contributed by atoms with Gasteiger partial charge in [0.1, 0.15) is 29.7 Å². The molecule has 94 heavy (non-hydrogen) atoms. The van der Waals surface area contributed by atoms with Crippen molar-refractivity contribution in [1.82, 2.24) is 19.8 Å². The summed E-state index contributed by atoms with van der Waals surface area (Å²) >= 11 is 25.2. The molecule has 4 N–H and O–H groups in total. The van der Waals surface area contributed by atoms with E-state index >= 15 is 0 Å². The quantitative estimate of drug-likeness (QED) is 0.0146. The Morgan fingerprint density at radius 1 is 1.00 bits per heavy atom. The third-order valence-electron chi connectivity index (χ3n) is 13.7. The number of aryl methyl sites for hydroxylation is 2. The maximum atomic E-state index is 14.3. The molecular formula is C59H68Cl4F4N7O16PS3. The van der Waals surface area contributed by atoms with Crippen LogP contribution >= 0.6 is 77.1 Å². The normalized spacial score (nSPS) is 14.8. The number of nitrogens with zero attached hydrogens (tertiary/aromatic N) is 6. The van der Waals surface area contributed by atoms with Gasteiger partial charge in [-0.05, 0) is 118 Å². The molecule has 4 aromatic carbocycles. The number of sulfone groups is 1. The third kappa shape index (κ3) is 22.5. The predicted octanol–water partition coefficient (Wildman–Crippen LogP) is 10.6. The average Bonchev–Trinajstić information content (AvgIpc) is 1.35. The number of benzene rings is 4. The third-order valence-corrected chi connectivity index (χ3v) is 18.4. The molecule has 23 nitrogen and oxygen atoms in total. The second-order valence-electron chi connectivity index (χ2n) is 20.9. The zero-order chi connectivity index (χ0) is 70.0. The zero-order valence-electron chi connectivity index (χ0n) is 51.5. The monoisotopic (exact) mass is 1470 g/mol. The molecule has 0 saturated heterocycles. The van der Waals surface area contributed by atoms with E-state index in [-0.39, 0.29) is 68.2 Å². The highest BCUT2D eigenvalue weighted by molar-refractivity contribution is 8.00. The number of carboxylic acids is 1. The summed E-state index contributed by atoms with van der Waals surface area (Å²) in [7, 11) is -5.20. The molecule has 0 spiro atoms. The van der Waals surface area contributed by atoms with Crippen LogP contribution in [0.1, 0.15) is 90.7 Å². The van der Waals surface area contributed by atoms with Gasteiger partial charge in [-0.1, -0.05) is 77.2 Å². The van der Waals surface area contributed by atoms with Gasteiger partial charge in [-0.15, -0.1) is 23.4 Å². The number of fused-ring (bicyclic) bond motifs is 2. The first kappa shape index (κ1) is 78.5. The number of esters is 1. The molecule has 1 aliphatic carbocycles. The molecule has 2 aromatic heterocycles. The van der Waals surface area contributed by atoms with Gasteiger partial charge in [0.05, 0.1) is 83.0 Å². The van der Waals surface area contributed by atoms with Crippen LogP contribution in [-0.4, -0.2) is 142 Å². The molecule has 1 saturated carbocycles. The molecule has 9 rings (SSSR count). The number of alkyl halides is 6. The Kier molecular flexibility index (Phi) is 29.9. The van der Waals surface area contributed by atoms with E-state index in [2.05, 4.69) is 33.2 Å². The van der Waals surface area contributed by atoms with Crippen LogP contribution in [0.2, 0.25) is 5.02 Å². The van der Waals surface area contributed by atoms with E-state index in [1.807, 2.05) is 57.2 Å². The van der Waals surface area contributed by atoms with Gasteiger partial charge < -0.3 is 43.4 Å². The molecule has 3 aliphatic rings. The number of amides is 2. The Morgan fingerprint density at radius 2 is 1.67 bits per heavy atom. The summed E-state index contributed by atoms with van der Waals surface area (Å²) in [5.74, 6) is -2.13. The van der Waals surface area contributed by atoms with E-state index in [0.717, 1.165) is 96.1 Å². The van der Waals surface area contributed by atoms with Crippen molar-refractivity contribution in [1.29, 1.82) is 0 Å². The van der Waals surface area contributed by atoms with E-state index < -0.39 is 75.3 Å². The van der Waals surface area contributed by atoms with Crippen LogP contribution in [0.3, 0.4) is 0 Å². The molecule has 2 atom stereocenters. The number of carbonyl (C=O) groups is 5. The maximum absolute atomic E-state index is 14.3. The Bertz CT molecular complexity index is 3960. The molecule has 0 radical (unpaired) electrons. The minimum Gasteiger partial charge on any atom is -0.489 e. The average molecular weight is 1480 g/mol. The number of methoxy groups -OCH3 is 2. The summed E-state index contributed by atoms with van der Waals surface area (Å²) in [4.78, 5) is 93.0. The lowest BCUT2D eigenvalue weighted by Crippen LogP contribution is -2.47. The van der Waals surface area contributed by atoms with E-state index in [9.17, 15) is 59.3 Å². The Hall–Kier alpha value is -6.15. The predicted molar refractivity (Wildman–Crippen MR) is 349 cm³/mol. The first-order valence-corrected chi connectivity index (χ1v) is 35.6. The highest BCUT2D eigenvalue weighted by Crippen LogP contribution is 2.43. The van der Waals surface area contributed by atoms with Gasteiger partial charge >= 0.3 is 30.6 Å². The molecule has 4 heterocycles. The maximum Gasteiger partial charge on any atom is 0.416 e. The molecule has 6 aromatic rings. The van der Waals surface area contributed by atoms with Crippen LogP contribution in [0.15, 0.2) is 103 Å². The largest absolute Gasteiger partial charge is 0.489 e. The number of ether oxygens (including phenoxy) is 3. The van der Waals surface area contributed by atoms with Crippen LogP contribution in [-0.2, 0) is 68.7 Å². The van der Waals surface area contributed by atoms with Crippen LogP contribution in [0.5, 0.6) is 5.75 Å². The number of hydrogen-bond donors (Lipinski definition) is 4. The summed E-state index contributed by atoms with van der Waals surface area (Å²) < 4.78 is 110. The van der Waals surface area contributed by atoms with Crippen molar-refractivity contribution in [2.24, 2.45) is 4.99 Å². The number of aliphatic carboxylic acids is 1. The minimum atomic E-state index is -4.71. The standard InChI is InChI=1S/C15H15ClFN3O3S2.C15H22ClNO2.C15H12F3NO4S.C11H11Cl2NO2.C3H8NO5P/c1-23-13(21)8-24-12-7-11(10(17)6-9(12)16)18-14-19-4-2-3-5-20(19)15(22)25-14;1-5-13-8-6-7-11(2)15(13)17(14(18)9-16)12(3)10-19-4;1-24(21,22)12-6-9(15(16,17)18)4-5-10(12)13(20)11-7-19-23-14(11)8-2-3-8;1-7-6-16-9-5-3-2-4-8(9)14(7)11(15)10(12)13;5-3(6)1-4-2-10(7,8)9/h6-7H,2-5,8H2,1H3;6-8,12H,5,9-10H2,1-4H3;4-8H,2-3H2,1H3;2-5,7,10H,6H2,1H3;4H,1-2H2,(H,5,6)(H2,7,8,9). The number of hydrogen-bond acceptors (Lipinski definition) is 18. The number of para-hydroxylation sites is 3. The summed E-state index contributed by atoms with van der Waals surface area (Å²) in [6.07, 6.45) is 1.03. The number of anilines is 2. The van der Waals surface area contributed by atoms with Crippen molar-refractivity contribution >= 4 is 134 Å². The van der Waals surface area contributed by atoms with Crippen molar-refractivity contribution in [3.8, 4) is 5.75 Å². The first-order valence-electron chi connectivity index (χ1n) is 28.4. The Morgan fingerprint density at radius 3 is 2.26 bits per heavy atom. The number of thioether (sulfide) groups is 1. The fourth-order valence-electron chi connectivity index (χ4n) is 9.20. The zero-order valence-corrected chi connectivity index (χ0v) is 57.9. The molecule has 2 aliphatic heterocycles. The molecule has 35 heteroatoms. The van der Waals surface area contributed by atoms with Crippen molar-refractivity contribution < 1.29 is 88.1 Å². The van der Waals surface area contributed by atoms with E-state index in [1.165, 1.54) is 19.4 Å². The van der Waals surface area contributed by atoms with Crippen LogP contribution in [0, 0.1) is 12.7 Å². The number of aromatic nitrogens is 3. The molecule has 2 unspecified atom stereocenters. The highest BCUT2D eigenvalue weighted by atomic mass is 35.5. The SMILES string of the molecule is CC1COc2ccccc2N1C(=O)C(Cl)Cl.CCc1cccc(C)c1N(C(=O)CCl)C(C)COC.COC(=O)CSc1cc(N=c2sc(=O)n3n2CCCC3)c(F)cc1Cl.CS(=O)(=O)c1cc(C(F)(F)F)ccc1C(=O)c1cnoc1C1CC1.O=C(O)CNCP(=O)(O)O. The minimum absolute atomic E-state index is 0.0223. The smallest absolute Gasteiger partial charge is 0.416 e. The van der Waals surface area contributed by atoms with Gasteiger partial charge in [-0.3, -0.25) is 43.3 Å². The molecule has 2 amide bonds. The first-order chi connectivity index (χ1) is 44.2. The lowest BCUT2D eigenvalue weighted by Gasteiger charge is -2.35. The number of ketones is 1. The second kappa shape index (κ2) is 35.7. The number of carbonyl (C=O) groups excluding carboxylic acids is 4. The fraction of sp³-hybridized carbons (Fsp3) is 0.424. The van der Waals surface area contributed by atoms with E-state index in [1.54, 1.807) is 26.3 Å². The number of halogens is 8. The number of carboxylic acid groups (broad SMARTS) is 1. The van der Waals surface area contributed by atoms with Crippen LogP contribution in [0.4, 0.5) is 34.6 Å². The van der Waals surface area contributed by atoms with Gasteiger partial charge in [-0.25, -0.2) is 22.5 Å². The van der Waals surface area contributed by atoms with E-state index in [0.29, 0.717) is 59.6 Å². The van der Waals surface area contributed by atoms with E-state index in [4.69, 9.17) is 75.3 Å². The van der Waals surface area contributed by atoms with Crippen LogP contribution < -0.4 is 29.5 Å². The fourth-order valence-corrected chi connectivity index (χ4v) is 12.8. The Labute approximate surface area is 566 Å². The van der Waals surface area contributed by atoms with Gasteiger partial charge in [0.15, 0.2) is 26.2 Å². The topological polar surface area (TPSA) is 309 Å². The summed E-state index contributed by atoms with van der Waals surface area (Å²) in [5.41, 5.74) is 2.64.